The van der Waals surface area contributed by atoms with Crippen molar-refractivity contribution in [1.29, 1.82) is 0 Å². The van der Waals surface area contributed by atoms with Crippen molar-refractivity contribution in [3.05, 3.63) is 34.9 Å². The van der Waals surface area contributed by atoms with Crippen LogP contribution in [0.2, 0.25) is 0 Å². The minimum absolute atomic E-state index is 0.555. The summed E-state index contributed by atoms with van der Waals surface area (Å²) in [7, 11) is 0. The molecule has 0 N–H and O–H groups in total. The molecule has 1 aromatic rings. The number of hydrogen-bond acceptors (Lipinski definition) is 0. The molecule has 0 saturated carbocycles. The van der Waals surface area contributed by atoms with Gasteiger partial charge in [-0.2, -0.15) is 0 Å². The Balaban J connectivity index is 2.27. The molecule has 0 bridgehead atoms. The predicted octanol–water partition coefficient (Wildman–Crippen LogP) is 4.45. The van der Waals surface area contributed by atoms with Gasteiger partial charge in [0.1, 0.15) is 0 Å². The third kappa shape index (κ3) is 2.44. The van der Waals surface area contributed by atoms with Crippen molar-refractivity contribution in [3.63, 3.8) is 0 Å². The van der Waals surface area contributed by atoms with E-state index in [4.69, 9.17) is 0 Å². The molecular formula is C14H19Br. The fraction of sp³-hybridized carbons (Fsp3) is 0.571. The van der Waals surface area contributed by atoms with E-state index >= 15 is 0 Å². The Hall–Kier alpha value is -0.300. The molecular weight excluding hydrogens is 248 g/mol. The van der Waals surface area contributed by atoms with Crippen LogP contribution in [0.15, 0.2) is 18.2 Å². The summed E-state index contributed by atoms with van der Waals surface area (Å²) in [4.78, 5) is 0.555. The standard InChI is InChI=1S/C14H19Br/c1-10(11(2)15)13-8-7-12-5-3-4-6-14(12)9-13/h7-11H,3-6H2,1-2H3. The summed E-state index contributed by atoms with van der Waals surface area (Å²) in [6, 6.07) is 7.08. The first-order chi connectivity index (χ1) is 7.18. The Bertz CT molecular complexity index is 341. The first-order valence-electron chi connectivity index (χ1n) is 5.94. The molecule has 82 valence electrons. The minimum atomic E-state index is 0.555. The molecule has 0 fully saturated rings. The van der Waals surface area contributed by atoms with Crippen molar-refractivity contribution >= 4 is 15.9 Å². The van der Waals surface area contributed by atoms with Gasteiger partial charge in [0.05, 0.1) is 0 Å². The molecule has 0 aliphatic heterocycles. The van der Waals surface area contributed by atoms with Gasteiger partial charge in [-0.1, -0.05) is 48.0 Å². The van der Waals surface area contributed by atoms with Crippen LogP contribution < -0.4 is 0 Å². The molecule has 1 aliphatic rings. The molecule has 0 radical (unpaired) electrons. The second kappa shape index (κ2) is 4.69. The van der Waals surface area contributed by atoms with Crippen LogP contribution >= 0.6 is 15.9 Å². The van der Waals surface area contributed by atoms with Crippen molar-refractivity contribution in [3.8, 4) is 0 Å². The Kier molecular flexibility index (Phi) is 3.50. The SMILES string of the molecule is CC(Br)C(C)c1ccc2c(c1)CCCC2. The molecule has 15 heavy (non-hydrogen) atoms. The average molecular weight is 267 g/mol. The number of fused-ring (bicyclic) bond motifs is 1. The van der Waals surface area contributed by atoms with Gasteiger partial charge in [-0.05, 0) is 48.3 Å². The van der Waals surface area contributed by atoms with E-state index in [2.05, 4.69) is 48.0 Å². The number of rotatable bonds is 2. The maximum absolute atomic E-state index is 3.67. The van der Waals surface area contributed by atoms with Crippen LogP contribution in [-0.4, -0.2) is 4.83 Å². The van der Waals surface area contributed by atoms with Gasteiger partial charge in [-0.15, -0.1) is 0 Å². The molecule has 0 heterocycles. The average Bonchev–Trinajstić information content (AvgIpc) is 2.27. The molecule has 2 atom stereocenters. The van der Waals surface area contributed by atoms with Crippen LogP contribution in [0.5, 0.6) is 0 Å². The van der Waals surface area contributed by atoms with Crippen LogP contribution in [0, 0.1) is 0 Å². The van der Waals surface area contributed by atoms with E-state index in [-0.39, 0.29) is 0 Å². The zero-order valence-corrected chi connectivity index (χ0v) is 11.2. The van der Waals surface area contributed by atoms with Crippen LogP contribution in [0.25, 0.3) is 0 Å². The van der Waals surface area contributed by atoms with Crippen molar-refractivity contribution in [2.24, 2.45) is 0 Å². The summed E-state index contributed by atoms with van der Waals surface area (Å²) >= 11 is 3.67. The number of halogens is 1. The van der Waals surface area contributed by atoms with Gasteiger partial charge in [0, 0.05) is 4.83 Å². The van der Waals surface area contributed by atoms with Crippen molar-refractivity contribution < 1.29 is 0 Å². The van der Waals surface area contributed by atoms with Crippen molar-refractivity contribution in [1.82, 2.24) is 0 Å². The maximum Gasteiger partial charge on any atom is 0.0183 e. The summed E-state index contributed by atoms with van der Waals surface area (Å²) in [6.07, 6.45) is 5.31. The fourth-order valence-electron chi connectivity index (χ4n) is 2.30. The Morgan fingerprint density at radius 3 is 2.40 bits per heavy atom. The fourth-order valence-corrected chi connectivity index (χ4v) is 2.61. The molecule has 1 heteroatoms. The van der Waals surface area contributed by atoms with Gasteiger partial charge < -0.3 is 0 Å². The highest BCUT2D eigenvalue weighted by atomic mass is 79.9. The number of alkyl halides is 1. The lowest BCUT2D eigenvalue weighted by atomic mass is 9.87. The zero-order valence-electron chi connectivity index (χ0n) is 9.59. The maximum atomic E-state index is 3.67. The predicted molar refractivity (Wildman–Crippen MR) is 69.9 cm³/mol. The second-order valence-corrected chi connectivity index (χ2v) is 6.15. The smallest absolute Gasteiger partial charge is 0.0183 e. The van der Waals surface area contributed by atoms with Gasteiger partial charge in [0.2, 0.25) is 0 Å². The highest BCUT2D eigenvalue weighted by Gasteiger charge is 2.14. The Morgan fingerprint density at radius 1 is 1.07 bits per heavy atom. The summed E-state index contributed by atoms with van der Waals surface area (Å²) in [5.41, 5.74) is 4.67. The van der Waals surface area contributed by atoms with Crippen LogP contribution in [-0.2, 0) is 12.8 Å². The quantitative estimate of drug-likeness (QED) is 0.694. The first-order valence-corrected chi connectivity index (χ1v) is 6.86. The molecule has 0 aromatic heterocycles. The zero-order chi connectivity index (χ0) is 10.8. The lowest BCUT2D eigenvalue weighted by molar-refractivity contribution is 0.679. The third-order valence-corrected chi connectivity index (χ3v) is 4.38. The van der Waals surface area contributed by atoms with Crippen molar-refractivity contribution in [2.75, 3.05) is 0 Å². The van der Waals surface area contributed by atoms with E-state index in [1.165, 1.54) is 31.2 Å². The normalized spacial score (nSPS) is 19.4. The van der Waals surface area contributed by atoms with E-state index < -0.39 is 0 Å². The van der Waals surface area contributed by atoms with Crippen LogP contribution in [0.4, 0.5) is 0 Å². The summed E-state index contributed by atoms with van der Waals surface area (Å²) in [6.45, 7) is 4.52. The highest BCUT2D eigenvalue weighted by molar-refractivity contribution is 9.09. The van der Waals surface area contributed by atoms with E-state index in [9.17, 15) is 0 Å². The molecule has 0 nitrogen and oxygen atoms in total. The van der Waals surface area contributed by atoms with Gasteiger partial charge in [-0.25, -0.2) is 0 Å². The Morgan fingerprint density at radius 2 is 1.73 bits per heavy atom. The summed E-state index contributed by atoms with van der Waals surface area (Å²) in [5.74, 6) is 0.609. The second-order valence-electron chi connectivity index (χ2n) is 4.70. The third-order valence-electron chi connectivity index (χ3n) is 3.59. The van der Waals surface area contributed by atoms with E-state index in [1.54, 1.807) is 11.1 Å². The summed E-state index contributed by atoms with van der Waals surface area (Å²) in [5, 5.41) is 0. The number of benzene rings is 1. The van der Waals surface area contributed by atoms with Crippen molar-refractivity contribution in [2.45, 2.75) is 50.3 Å². The highest BCUT2D eigenvalue weighted by Crippen LogP contribution is 2.29. The van der Waals surface area contributed by atoms with E-state index in [1.807, 2.05) is 0 Å². The van der Waals surface area contributed by atoms with Crippen LogP contribution in [0.3, 0.4) is 0 Å². The van der Waals surface area contributed by atoms with Gasteiger partial charge in [-0.3, -0.25) is 0 Å². The topological polar surface area (TPSA) is 0 Å². The summed E-state index contributed by atoms with van der Waals surface area (Å²) < 4.78 is 0. The molecule has 1 aliphatic carbocycles. The molecule has 0 amide bonds. The minimum Gasteiger partial charge on any atom is -0.0887 e. The molecule has 2 rings (SSSR count). The van der Waals surface area contributed by atoms with E-state index in [0.717, 1.165) is 0 Å². The molecule has 2 unspecified atom stereocenters. The van der Waals surface area contributed by atoms with E-state index in [0.29, 0.717) is 10.7 Å². The Labute approximate surface area is 101 Å². The number of hydrogen-bond donors (Lipinski definition) is 0. The number of aryl methyl sites for hydroxylation is 2. The molecule has 0 saturated heterocycles. The van der Waals surface area contributed by atoms with Gasteiger partial charge in [0.15, 0.2) is 0 Å². The first kappa shape index (κ1) is 11.2. The lowest BCUT2D eigenvalue weighted by Crippen LogP contribution is -2.08. The van der Waals surface area contributed by atoms with Gasteiger partial charge in [0.25, 0.3) is 0 Å². The lowest BCUT2D eigenvalue weighted by Gasteiger charge is -2.20. The largest absolute Gasteiger partial charge is 0.0887 e. The molecule has 0 spiro atoms. The monoisotopic (exact) mass is 266 g/mol. The van der Waals surface area contributed by atoms with Crippen LogP contribution in [0.1, 0.15) is 49.3 Å². The van der Waals surface area contributed by atoms with Gasteiger partial charge >= 0.3 is 0 Å². The molecule has 1 aromatic carbocycles.